The average Bonchev–Trinajstić information content (AvgIpc) is 2.61. The van der Waals surface area contributed by atoms with Gasteiger partial charge in [-0.3, -0.25) is 9.59 Å². The second kappa shape index (κ2) is 9.08. The van der Waals surface area contributed by atoms with Crippen molar-refractivity contribution in [3.63, 3.8) is 0 Å². The van der Waals surface area contributed by atoms with Gasteiger partial charge in [0.15, 0.2) is 0 Å². The van der Waals surface area contributed by atoms with Crippen molar-refractivity contribution in [2.75, 3.05) is 31.2 Å². The Balaban J connectivity index is 1.76. The molecule has 1 aliphatic heterocycles. The van der Waals surface area contributed by atoms with E-state index in [1.54, 1.807) is 0 Å². The number of rotatable bonds is 6. The van der Waals surface area contributed by atoms with Crippen LogP contribution in [-0.4, -0.2) is 53.9 Å². The highest BCUT2D eigenvalue weighted by Gasteiger charge is 2.26. The standard InChI is InChI=1S/C18H27N3O2S/c1-13-4-6-15(7-5-13)20-17(22)12-24-14(2)18(23)21(3)16-8-10-19-11-9-16/h4-7,14,16,19H,8-12H2,1-3H3,(H,20,22). The number of carbonyl (C=O) groups is 2. The molecular weight excluding hydrogens is 322 g/mol. The van der Waals surface area contributed by atoms with Gasteiger partial charge in [-0.25, -0.2) is 0 Å². The molecule has 5 nitrogen and oxygen atoms in total. The Labute approximate surface area is 148 Å². The smallest absolute Gasteiger partial charge is 0.235 e. The van der Waals surface area contributed by atoms with Crippen molar-refractivity contribution in [3.05, 3.63) is 29.8 Å². The van der Waals surface area contributed by atoms with E-state index in [1.807, 2.05) is 50.1 Å². The molecule has 1 unspecified atom stereocenters. The fourth-order valence-corrected chi connectivity index (χ4v) is 3.55. The molecule has 0 aliphatic carbocycles. The zero-order valence-electron chi connectivity index (χ0n) is 14.7. The Bertz CT molecular complexity index is 556. The van der Waals surface area contributed by atoms with Gasteiger partial charge in [0.1, 0.15) is 0 Å². The van der Waals surface area contributed by atoms with E-state index in [1.165, 1.54) is 11.8 Å². The lowest BCUT2D eigenvalue weighted by atomic mass is 10.1. The highest BCUT2D eigenvalue weighted by molar-refractivity contribution is 8.01. The summed E-state index contributed by atoms with van der Waals surface area (Å²) in [4.78, 5) is 26.4. The van der Waals surface area contributed by atoms with Crippen molar-refractivity contribution in [3.8, 4) is 0 Å². The first-order chi connectivity index (χ1) is 11.5. The lowest BCUT2D eigenvalue weighted by Gasteiger charge is -2.33. The van der Waals surface area contributed by atoms with Gasteiger partial charge in [0.2, 0.25) is 11.8 Å². The molecule has 2 rings (SSSR count). The van der Waals surface area contributed by atoms with Crippen molar-refractivity contribution in [2.45, 2.75) is 38.0 Å². The predicted octanol–water partition coefficient (Wildman–Crippen LogP) is 2.27. The third-order valence-electron chi connectivity index (χ3n) is 4.35. The van der Waals surface area contributed by atoms with Crippen LogP contribution in [0, 0.1) is 6.92 Å². The van der Waals surface area contributed by atoms with Gasteiger partial charge in [0.25, 0.3) is 0 Å². The van der Waals surface area contributed by atoms with Gasteiger partial charge in [0.05, 0.1) is 11.0 Å². The van der Waals surface area contributed by atoms with Crippen molar-refractivity contribution in [2.24, 2.45) is 0 Å². The number of nitrogens with zero attached hydrogens (tertiary/aromatic N) is 1. The van der Waals surface area contributed by atoms with E-state index in [2.05, 4.69) is 10.6 Å². The molecule has 0 radical (unpaired) electrons. The molecule has 1 fully saturated rings. The summed E-state index contributed by atoms with van der Waals surface area (Å²) in [7, 11) is 1.88. The SMILES string of the molecule is Cc1ccc(NC(=O)CSC(C)C(=O)N(C)C2CCNCC2)cc1. The summed E-state index contributed by atoms with van der Waals surface area (Å²) in [6.07, 6.45) is 1.99. The normalized spacial score (nSPS) is 16.5. The first-order valence-electron chi connectivity index (χ1n) is 8.43. The van der Waals surface area contributed by atoms with Crippen LogP contribution in [0.1, 0.15) is 25.3 Å². The number of nitrogens with one attached hydrogen (secondary N) is 2. The minimum Gasteiger partial charge on any atom is -0.342 e. The molecule has 132 valence electrons. The van der Waals surface area contributed by atoms with E-state index in [4.69, 9.17) is 0 Å². The van der Waals surface area contributed by atoms with Gasteiger partial charge in [-0.05, 0) is 51.9 Å². The second-order valence-electron chi connectivity index (χ2n) is 6.30. The number of benzene rings is 1. The molecule has 1 atom stereocenters. The molecule has 2 amide bonds. The van der Waals surface area contributed by atoms with Gasteiger partial charge in [0, 0.05) is 18.8 Å². The molecular formula is C18H27N3O2S. The Morgan fingerprint density at radius 2 is 1.92 bits per heavy atom. The van der Waals surface area contributed by atoms with Gasteiger partial charge < -0.3 is 15.5 Å². The number of amides is 2. The molecule has 0 spiro atoms. The first-order valence-corrected chi connectivity index (χ1v) is 9.47. The van der Waals surface area contributed by atoms with Crippen molar-refractivity contribution < 1.29 is 9.59 Å². The Hall–Kier alpha value is -1.53. The summed E-state index contributed by atoms with van der Waals surface area (Å²) < 4.78 is 0. The maximum absolute atomic E-state index is 12.5. The number of piperidine rings is 1. The Morgan fingerprint density at radius 3 is 2.54 bits per heavy atom. The van der Waals surface area contributed by atoms with Crippen molar-refractivity contribution in [1.82, 2.24) is 10.2 Å². The van der Waals surface area contributed by atoms with E-state index >= 15 is 0 Å². The van der Waals surface area contributed by atoms with Gasteiger partial charge in [-0.15, -0.1) is 11.8 Å². The maximum atomic E-state index is 12.5. The average molecular weight is 350 g/mol. The summed E-state index contributed by atoms with van der Waals surface area (Å²) in [6, 6.07) is 8.00. The second-order valence-corrected chi connectivity index (χ2v) is 7.63. The van der Waals surface area contributed by atoms with Crippen molar-refractivity contribution in [1.29, 1.82) is 0 Å². The number of hydrogen-bond acceptors (Lipinski definition) is 4. The lowest BCUT2D eigenvalue weighted by Crippen LogP contribution is -2.46. The molecule has 0 aromatic heterocycles. The fourth-order valence-electron chi connectivity index (χ4n) is 2.77. The minimum absolute atomic E-state index is 0.0759. The van der Waals surface area contributed by atoms with Gasteiger partial charge in [-0.2, -0.15) is 0 Å². The Morgan fingerprint density at radius 1 is 1.29 bits per heavy atom. The van der Waals surface area contributed by atoms with Crippen LogP contribution >= 0.6 is 11.8 Å². The first kappa shape index (κ1) is 18.8. The van der Waals surface area contributed by atoms with Crippen LogP contribution in [0.2, 0.25) is 0 Å². The molecule has 1 aromatic rings. The van der Waals surface area contributed by atoms with Gasteiger partial charge >= 0.3 is 0 Å². The van der Waals surface area contributed by atoms with E-state index in [0.717, 1.165) is 37.2 Å². The van der Waals surface area contributed by atoms with Crippen LogP contribution in [0.25, 0.3) is 0 Å². The molecule has 1 aliphatic rings. The van der Waals surface area contributed by atoms with Gasteiger partial charge in [-0.1, -0.05) is 17.7 Å². The summed E-state index contributed by atoms with van der Waals surface area (Å²) in [5, 5.41) is 5.96. The third kappa shape index (κ3) is 5.53. The fraction of sp³-hybridized carbons (Fsp3) is 0.556. The molecule has 1 heterocycles. The van der Waals surface area contributed by atoms with E-state index in [9.17, 15) is 9.59 Å². The summed E-state index contributed by atoms with van der Waals surface area (Å²) in [5.41, 5.74) is 1.94. The summed E-state index contributed by atoms with van der Waals surface area (Å²) >= 11 is 1.39. The van der Waals surface area contributed by atoms with Crippen LogP contribution in [0.5, 0.6) is 0 Å². The highest BCUT2D eigenvalue weighted by Crippen LogP contribution is 2.18. The molecule has 0 saturated carbocycles. The van der Waals surface area contributed by atoms with Crippen LogP contribution in [-0.2, 0) is 9.59 Å². The van der Waals surface area contributed by atoms with Crippen LogP contribution < -0.4 is 10.6 Å². The van der Waals surface area contributed by atoms with E-state index < -0.39 is 0 Å². The summed E-state index contributed by atoms with van der Waals surface area (Å²) in [6.45, 7) is 5.81. The number of thioether (sulfide) groups is 1. The number of aryl methyl sites for hydroxylation is 1. The number of anilines is 1. The molecule has 1 saturated heterocycles. The van der Waals surface area contributed by atoms with Crippen LogP contribution in [0.4, 0.5) is 5.69 Å². The number of carbonyl (C=O) groups excluding carboxylic acids is 2. The summed E-state index contributed by atoms with van der Waals surface area (Å²) in [5.74, 6) is 0.309. The quantitative estimate of drug-likeness (QED) is 0.827. The van der Waals surface area contributed by atoms with Crippen molar-refractivity contribution >= 4 is 29.3 Å². The minimum atomic E-state index is -0.214. The Kier molecular flexibility index (Phi) is 7.12. The van der Waals surface area contributed by atoms with E-state index in [0.29, 0.717) is 6.04 Å². The van der Waals surface area contributed by atoms with E-state index in [-0.39, 0.29) is 22.8 Å². The molecule has 0 bridgehead atoms. The zero-order valence-corrected chi connectivity index (χ0v) is 15.5. The molecule has 2 N–H and O–H groups in total. The van der Waals surface area contributed by atoms with Crippen LogP contribution in [0.15, 0.2) is 24.3 Å². The van der Waals surface area contributed by atoms with Crippen LogP contribution in [0.3, 0.4) is 0 Å². The monoisotopic (exact) mass is 349 g/mol. The molecule has 24 heavy (non-hydrogen) atoms. The topological polar surface area (TPSA) is 61.4 Å². The predicted molar refractivity (Wildman–Crippen MR) is 100 cm³/mol. The molecule has 6 heteroatoms. The largest absolute Gasteiger partial charge is 0.342 e. The third-order valence-corrected chi connectivity index (χ3v) is 5.48. The lowest BCUT2D eigenvalue weighted by molar-refractivity contribution is -0.131. The highest BCUT2D eigenvalue weighted by atomic mass is 32.2. The molecule has 1 aromatic carbocycles. The number of hydrogen-bond donors (Lipinski definition) is 2. The maximum Gasteiger partial charge on any atom is 0.235 e. The zero-order chi connectivity index (χ0) is 17.5.